The lowest BCUT2D eigenvalue weighted by Gasteiger charge is -2.11. The van der Waals surface area contributed by atoms with Crippen molar-refractivity contribution in [3.63, 3.8) is 0 Å². The molecule has 5 nitrogen and oxygen atoms in total. The molecular weight excluding hydrogens is 460 g/mol. The molecule has 0 bridgehead atoms. The third kappa shape index (κ3) is 6.00. The lowest BCUT2D eigenvalue weighted by atomic mass is 10.1. The molecule has 0 radical (unpaired) electrons. The van der Waals surface area contributed by atoms with Crippen LogP contribution < -0.4 is 5.32 Å². The first kappa shape index (κ1) is 22.6. The van der Waals surface area contributed by atoms with E-state index in [4.69, 9.17) is 11.6 Å². The third-order valence-corrected chi connectivity index (χ3v) is 7.06. The maximum atomic E-state index is 12.6. The second-order valence-electron chi connectivity index (χ2n) is 7.34. The fourth-order valence-corrected chi connectivity index (χ4v) is 4.94. The highest BCUT2D eigenvalue weighted by atomic mass is 35.5. The van der Waals surface area contributed by atoms with Crippen molar-refractivity contribution in [3.05, 3.63) is 92.9 Å². The Morgan fingerprint density at radius 3 is 2.75 bits per heavy atom. The number of aromatic nitrogens is 3. The molecule has 0 aliphatic rings. The molecule has 1 amide bonds. The van der Waals surface area contributed by atoms with Gasteiger partial charge < -0.3 is 9.88 Å². The average molecular weight is 483 g/mol. The summed E-state index contributed by atoms with van der Waals surface area (Å²) >= 11 is 9.17. The molecule has 0 aliphatic carbocycles. The molecule has 0 unspecified atom stereocenters. The smallest absolute Gasteiger partial charge is 0.234 e. The summed E-state index contributed by atoms with van der Waals surface area (Å²) in [5, 5.41) is 15.2. The van der Waals surface area contributed by atoms with Gasteiger partial charge >= 0.3 is 0 Å². The van der Waals surface area contributed by atoms with Crippen LogP contribution in [0.5, 0.6) is 0 Å². The van der Waals surface area contributed by atoms with Gasteiger partial charge in [0.1, 0.15) is 5.82 Å². The fraction of sp³-hybridized carbons (Fsp3) is 0.208. The lowest BCUT2D eigenvalue weighted by molar-refractivity contribution is -0.113. The number of rotatable bonds is 9. The van der Waals surface area contributed by atoms with Gasteiger partial charge in [0.2, 0.25) is 5.91 Å². The minimum atomic E-state index is -0.0993. The predicted octanol–water partition coefficient (Wildman–Crippen LogP) is 5.87. The average Bonchev–Trinajstić information content (AvgIpc) is 3.44. The number of aryl methyl sites for hydroxylation is 2. The van der Waals surface area contributed by atoms with E-state index in [1.54, 1.807) is 17.4 Å². The number of carbonyl (C=O) groups is 1. The molecule has 0 spiro atoms. The molecule has 0 atom stereocenters. The largest absolute Gasteiger partial charge is 0.325 e. The van der Waals surface area contributed by atoms with Crippen LogP contribution in [0.3, 0.4) is 0 Å². The highest BCUT2D eigenvalue weighted by Gasteiger charge is 2.16. The molecule has 4 aromatic rings. The number of anilines is 1. The van der Waals surface area contributed by atoms with Crippen LogP contribution in [-0.2, 0) is 24.2 Å². The monoisotopic (exact) mass is 482 g/mol. The Morgan fingerprint density at radius 2 is 1.97 bits per heavy atom. The summed E-state index contributed by atoms with van der Waals surface area (Å²) in [5.74, 6) is 1.06. The molecule has 32 heavy (non-hydrogen) atoms. The lowest BCUT2D eigenvalue weighted by Crippen LogP contribution is -2.16. The molecule has 8 heteroatoms. The second-order valence-corrected chi connectivity index (χ2v) is 9.75. The number of hydrogen-bond acceptors (Lipinski definition) is 5. The molecule has 2 aromatic carbocycles. The molecule has 4 rings (SSSR count). The zero-order valence-electron chi connectivity index (χ0n) is 17.6. The summed E-state index contributed by atoms with van der Waals surface area (Å²) in [6.07, 6.45) is 1.60. The van der Waals surface area contributed by atoms with Crippen LogP contribution in [0, 0.1) is 6.92 Å². The summed E-state index contributed by atoms with van der Waals surface area (Å²) in [6, 6.07) is 20.0. The van der Waals surface area contributed by atoms with Crippen molar-refractivity contribution in [2.45, 2.75) is 31.5 Å². The maximum Gasteiger partial charge on any atom is 0.234 e. The van der Waals surface area contributed by atoms with E-state index >= 15 is 0 Å². The zero-order chi connectivity index (χ0) is 22.3. The van der Waals surface area contributed by atoms with Crippen molar-refractivity contribution in [2.75, 3.05) is 11.1 Å². The van der Waals surface area contributed by atoms with Gasteiger partial charge in [0.15, 0.2) is 5.16 Å². The molecule has 0 aliphatic heterocycles. The highest BCUT2D eigenvalue weighted by Crippen LogP contribution is 2.23. The Hall–Kier alpha value is -2.61. The fourth-order valence-electron chi connectivity index (χ4n) is 3.28. The van der Waals surface area contributed by atoms with Crippen LogP contribution in [-0.4, -0.2) is 26.4 Å². The quantitative estimate of drug-likeness (QED) is 0.303. The van der Waals surface area contributed by atoms with Gasteiger partial charge in [-0.3, -0.25) is 4.79 Å². The van der Waals surface area contributed by atoms with Crippen LogP contribution in [0.4, 0.5) is 5.69 Å². The summed E-state index contributed by atoms with van der Waals surface area (Å²) in [5.41, 5.74) is 2.96. The summed E-state index contributed by atoms with van der Waals surface area (Å²) < 4.78 is 2.13. The number of hydrogen-bond donors (Lipinski definition) is 1. The second kappa shape index (κ2) is 10.8. The Kier molecular flexibility index (Phi) is 7.63. The van der Waals surface area contributed by atoms with E-state index in [2.05, 4.69) is 43.7 Å². The molecule has 0 fully saturated rings. The SMILES string of the molecule is Cc1ccc(Cl)cc1NC(=O)CSc1nnc(Cc2cccs2)n1CCc1ccccc1. The number of halogens is 1. The molecular formula is C24H23ClN4OS2. The van der Waals surface area contributed by atoms with E-state index in [0.717, 1.165) is 41.6 Å². The molecule has 1 N–H and O–H groups in total. The topological polar surface area (TPSA) is 59.8 Å². The zero-order valence-corrected chi connectivity index (χ0v) is 20.0. The van der Waals surface area contributed by atoms with Crippen molar-refractivity contribution in [1.29, 1.82) is 0 Å². The molecule has 0 saturated heterocycles. The van der Waals surface area contributed by atoms with Crippen molar-refractivity contribution in [3.8, 4) is 0 Å². The molecule has 2 heterocycles. The van der Waals surface area contributed by atoms with E-state index in [0.29, 0.717) is 5.02 Å². The first-order valence-corrected chi connectivity index (χ1v) is 12.5. The first-order valence-electron chi connectivity index (χ1n) is 10.3. The van der Waals surface area contributed by atoms with Crippen molar-refractivity contribution in [2.24, 2.45) is 0 Å². The Bertz CT molecular complexity index is 1180. The number of carbonyl (C=O) groups excluding carboxylic acids is 1. The van der Waals surface area contributed by atoms with Gasteiger partial charge in [0.05, 0.1) is 5.75 Å². The number of benzene rings is 2. The molecule has 2 aromatic heterocycles. The van der Waals surface area contributed by atoms with E-state index in [1.165, 1.54) is 22.2 Å². The Morgan fingerprint density at radius 1 is 1.12 bits per heavy atom. The Labute approximate surface area is 200 Å². The first-order chi connectivity index (χ1) is 15.6. The number of nitrogens with zero attached hydrogens (tertiary/aromatic N) is 3. The van der Waals surface area contributed by atoms with Crippen molar-refractivity contribution < 1.29 is 4.79 Å². The number of nitrogens with one attached hydrogen (secondary N) is 1. The van der Waals surface area contributed by atoms with E-state index in [-0.39, 0.29) is 11.7 Å². The maximum absolute atomic E-state index is 12.6. The van der Waals surface area contributed by atoms with Crippen molar-refractivity contribution in [1.82, 2.24) is 14.8 Å². The predicted molar refractivity (Wildman–Crippen MR) is 133 cm³/mol. The van der Waals surface area contributed by atoms with Crippen molar-refractivity contribution >= 4 is 46.3 Å². The molecule has 0 saturated carbocycles. The summed E-state index contributed by atoms with van der Waals surface area (Å²) in [6.45, 7) is 2.70. The van der Waals surface area contributed by atoms with Gasteiger partial charge in [-0.2, -0.15) is 0 Å². The van der Waals surface area contributed by atoms with Crippen LogP contribution in [0.15, 0.2) is 71.2 Å². The van der Waals surface area contributed by atoms with Gasteiger partial charge in [-0.25, -0.2) is 0 Å². The van der Waals surface area contributed by atoms with Gasteiger partial charge in [-0.1, -0.05) is 65.8 Å². The van der Waals surface area contributed by atoms with E-state index in [9.17, 15) is 4.79 Å². The van der Waals surface area contributed by atoms with Gasteiger partial charge in [0, 0.05) is 28.6 Å². The normalized spacial score (nSPS) is 10.9. The van der Waals surface area contributed by atoms with Gasteiger partial charge in [-0.05, 0) is 48.1 Å². The molecule has 164 valence electrons. The number of amides is 1. The minimum Gasteiger partial charge on any atom is -0.325 e. The van der Waals surface area contributed by atoms with E-state index < -0.39 is 0 Å². The van der Waals surface area contributed by atoms with E-state index in [1.807, 2.05) is 43.3 Å². The highest BCUT2D eigenvalue weighted by molar-refractivity contribution is 7.99. The van der Waals surface area contributed by atoms with Crippen LogP contribution in [0.25, 0.3) is 0 Å². The number of thiophene rings is 1. The van der Waals surface area contributed by atoms with Gasteiger partial charge in [0.25, 0.3) is 0 Å². The van der Waals surface area contributed by atoms with Crippen LogP contribution in [0.1, 0.15) is 21.8 Å². The van der Waals surface area contributed by atoms with Gasteiger partial charge in [-0.15, -0.1) is 21.5 Å². The minimum absolute atomic E-state index is 0.0993. The third-order valence-electron chi connectivity index (χ3n) is 4.98. The van der Waals surface area contributed by atoms with Crippen LogP contribution in [0.2, 0.25) is 5.02 Å². The standard InChI is InChI=1S/C24H23ClN4OS2/c1-17-9-10-19(25)14-21(17)26-23(30)16-32-24-28-27-22(15-20-8-5-13-31-20)29(24)12-11-18-6-3-2-4-7-18/h2-10,13-14H,11-12,15-16H2,1H3,(H,26,30). The number of thioether (sulfide) groups is 1. The summed E-state index contributed by atoms with van der Waals surface area (Å²) in [4.78, 5) is 13.8. The summed E-state index contributed by atoms with van der Waals surface area (Å²) in [7, 11) is 0. The Balaban J connectivity index is 1.46. The van der Waals surface area contributed by atoms with Crippen LogP contribution >= 0.6 is 34.7 Å².